The van der Waals surface area contributed by atoms with Crippen LogP contribution in [0.25, 0.3) is 11.3 Å². The number of thiophene rings is 1. The Balaban J connectivity index is 1.64. The van der Waals surface area contributed by atoms with Crippen LogP contribution in [0.15, 0.2) is 117 Å². The molecule has 12 nitrogen and oxygen atoms in total. The maximum absolute atomic E-state index is 6.01. The van der Waals surface area contributed by atoms with Crippen molar-refractivity contribution in [2.75, 3.05) is 15.1 Å². The molecular weight excluding hydrogens is 605 g/mol. The smallest absolute Gasteiger partial charge is 0.323 e. The number of thiazole rings is 1. The van der Waals surface area contributed by atoms with E-state index in [0.29, 0.717) is 39.4 Å². The number of hydrogen-bond acceptors (Lipinski definition) is 15. The predicted molar refractivity (Wildman–Crippen MR) is 163 cm³/mol. The van der Waals surface area contributed by atoms with Crippen molar-refractivity contribution in [1.82, 2.24) is 34.5 Å². The zero-order chi connectivity index (χ0) is 28.6. The van der Waals surface area contributed by atoms with Gasteiger partial charge in [0, 0.05) is 52.1 Å². The fraction of sp³-hybridized carbons (Fsp3) is 0.0357. The second-order valence-electron chi connectivity index (χ2n) is 8.98. The number of rotatable bonds is 7. The quantitative estimate of drug-likeness (QED) is 0.207. The van der Waals surface area contributed by atoms with Gasteiger partial charge in [0.15, 0.2) is 17.2 Å². The lowest BCUT2D eigenvalue weighted by Crippen LogP contribution is -2.67. The van der Waals surface area contributed by atoms with Crippen molar-refractivity contribution in [2.24, 2.45) is 0 Å². The topological polar surface area (TPSA) is 126 Å². The van der Waals surface area contributed by atoms with Crippen LogP contribution in [0.4, 0.5) is 17.0 Å². The molecule has 0 aliphatic carbocycles. The number of aromatic nitrogens is 7. The van der Waals surface area contributed by atoms with Gasteiger partial charge in [0.25, 0.3) is 0 Å². The highest BCUT2D eigenvalue weighted by molar-refractivity contribution is 7.13. The van der Waals surface area contributed by atoms with Gasteiger partial charge in [-0.25, -0.2) is 24.9 Å². The monoisotopic (exact) mass is 622 g/mol. The molecule has 0 bridgehead atoms. The molecule has 1 atom stereocenters. The molecule has 7 aromatic rings. The van der Waals surface area contributed by atoms with Crippen molar-refractivity contribution >= 4 is 62.4 Å². The van der Waals surface area contributed by atoms with Crippen LogP contribution in [0.2, 0.25) is 0 Å². The lowest BCUT2D eigenvalue weighted by atomic mass is 9.80. The zero-order valence-electron chi connectivity index (χ0n) is 21.9. The van der Waals surface area contributed by atoms with E-state index in [1.807, 2.05) is 61.6 Å². The minimum absolute atomic E-state index is 0.259. The lowest BCUT2D eigenvalue weighted by Gasteiger charge is -2.55. The molecule has 0 aromatic carbocycles. The van der Waals surface area contributed by atoms with Crippen molar-refractivity contribution < 1.29 is 8.94 Å². The van der Waals surface area contributed by atoms with Gasteiger partial charge in [0.05, 0.1) is 11.9 Å². The molecule has 0 spiro atoms. The average Bonchev–Trinajstić information content (AvgIpc) is 3.90. The van der Waals surface area contributed by atoms with Crippen LogP contribution in [-0.4, -0.2) is 34.5 Å². The molecule has 1 unspecified atom stereocenters. The molecule has 8 rings (SSSR count). The number of hydrazine groups is 2. The first-order valence-corrected chi connectivity index (χ1v) is 15.4. The Hall–Kier alpha value is -5.25. The number of pyridine rings is 1. The summed E-state index contributed by atoms with van der Waals surface area (Å²) in [5.74, 6) is 1.07. The molecule has 0 amide bonds. The van der Waals surface area contributed by atoms with Gasteiger partial charge in [0.1, 0.15) is 23.9 Å². The van der Waals surface area contributed by atoms with Crippen LogP contribution >= 0.6 is 34.2 Å². The summed E-state index contributed by atoms with van der Waals surface area (Å²) in [6.45, 7) is 0. The molecule has 15 heteroatoms. The highest BCUT2D eigenvalue weighted by atomic mass is 32.1. The van der Waals surface area contributed by atoms with Crippen LogP contribution in [-0.2, 0) is 5.54 Å². The summed E-state index contributed by atoms with van der Waals surface area (Å²) in [4.78, 5) is 25.0. The number of oxazole rings is 1. The Labute approximate surface area is 256 Å². The van der Waals surface area contributed by atoms with Crippen LogP contribution < -0.4 is 15.1 Å². The third-order valence-electron chi connectivity index (χ3n) is 6.71. The van der Waals surface area contributed by atoms with Gasteiger partial charge in [-0.05, 0) is 47.2 Å². The molecule has 8 heterocycles. The third-order valence-corrected chi connectivity index (χ3v) is 8.98. The Morgan fingerprint density at radius 2 is 1.65 bits per heavy atom. The molecule has 0 saturated carbocycles. The van der Waals surface area contributed by atoms with E-state index in [1.54, 1.807) is 54.5 Å². The predicted octanol–water partition coefficient (Wildman–Crippen LogP) is 6.00. The molecule has 1 aliphatic heterocycles. The summed E-state index contributed by atoms with van der Waals surface area (Å²) in [6.07, 6.45) is 11.6. The molecule has 0 N–H and O–H groups in total. The van der Waals surface area contributed by atoms with E-state index in [9.17, 15) is 0 Å². The summed E-state index contributed by atoms with van der Waals surface area (Å²) in [6, 6.07) is 15.6. The molecule has 7 aromatic heterocycles. The first-order valence-electron chi connectivity index (χ1n) is 12.9. The molecule has 0 saturated heterocycles. The fourth-order valence-corrected chi connectivity index (χ4v) is 7.24. The van der Waals surface area contributed by atoms with Crippen LogP contribution in [0, 0.1) is 0 Å². The number of anilines is 3. The summed E-state index contributed by atoms with van der Waals surface area (Å²) in [5.41, 5.74) is 1.20. The number of hydrogen-bond donors (Lipinski definition) is 0. The SMILES string of the molecule is c1ccc(C2=C(c3ccon3)N(c3ncco3)N(c3ccsn3)N(c3nccs3)C2(c2ncccn2)c2cccs2)nc1. The Morgan fingerprint density at radius 3 is 2.33 bits per heavy atom. The Bertz CT molecular complexity index is 1930. The third kappa shape index (κ3) is 3.97. The highest BCUT2D eigenvalue weighted by Crippen LogP contribution is 2.57. The van der Waals surface area contributed by atoms with Gasteiger partial charge in [0.2, 0.25) is 5.13 Å². The van der Waals surface area contributed by atoms with Gasteiger partial charge in [-0.15, -0.1) is 22.7 Å². The first-order chi connectivity index (χ1) is 21.4. The maximum atomic E-state index is 6.01. The van der Waals surface area contributed by atoms with Crippen molar-refractivity contribution in [3.8, 4) is 0 Å². The highest BCUT2D eigenvalue weighted by Gasteiger charge is 2.60. The lowest BCUT2D eigenvalue weighted by molar-refractivity contribution is 0.416. The molecule has 0 radical (unpaired) electrons. The zero-order valence-corrected chi connectivity index (χ0v) is 24.4. The van der Waals surface area contributed by atoms with Gasteiger partial charge in [-0.2, -0.15) is 14.5 Å². The van der Waals surface area contributed by atoms with E-state index in [1.165, 1.54) is 35.4 Å². The van der Waals surface area contributed by atoms with Gasteiger partial charge in [-0.3, -0.25) is 4.98 Å². The van der Waals surface area contributed by atoms with E-state index < -0.39 is 5.54 Å². The Morgan fingerprint density at radius 1 is 0.721 bits per heavy atom. The van der Waals surface area contributed by atoms with Crippen molar-refractivity contribution in [3.05, 3.63) is 130 Å². The summed E-state index contributed by atoms with van der Waals surface area (Å²) >= 11 is 4.35. The molecule has 1 aliphatic rings. The van der Waals surface area contributed by atoms with E-state index >= 15 is 0 Å². The van der Waals surface area contributed by atoms with Crippen molar-refractivity contribution in [2.45, 2.75) is 5.54 Å². The second-order valence-corrected chi connectivity index (χ2v) is 11.5. The summed E-state index contributed by atoms with van der Waals surface area (Å²) in [5, 5.41) is 16.7. The number of nitrogens with zero attached hydrogens (tertiary/aromatic N) is 10. The minimum atomic E-state index is -1.25. The van der Waals surface area contributed by atoms with E-state index in [4.69, 9.17) is 33.2 Å². The van der Waals surface area contributed by atoms with Crippen LogP contribution in [0.1, 0.15) is 22.1 Å². The molecule has 43 heavy (non-hydrogen) atoms. The van der Waals surface area contributed by atoms with E-state index in [0.717, 1.165) is 4.88 Å². The standard InChI is InChI=1S/C28H18N10O2S3/c1-2-9-29-19(5-1)23-24(20-7-14-40-34-20)36(26-32-12-15-39-26)38(22-8-17-43-35-22)37(27-33-13-18-42-27)28(23,21-6-3-16-41-21)25-30-10-4-11-31-25/h1-18H. The fourth-order valence-electron chi connectivity index (χ4n) is 5.17. The molecule has 0 fully saturated rings. The van der Waals surface area contributed by atoms with E-state index in [2.05, 4.69) is 16.2 Å². The largest absolute Gasteiger partial charge is 0.431 e. The van der Waals surface area contributed by atoms with Crippen LogP contribution in [0.3, 0.4) is 0 Å². The minimum Gasteiger partial charge on any atom is -0.431 e. The van der Waals surface area contributed by atoms with Crippen molar-refractivity contribution in [1.29, 1.82) is 0 Å². The van der Waals surface area contributed by atoms with Crippen molar-refractivity contribution in [3.63, 3.8) is 0 Å². The second kappa shape index (κ2) is 10.5. The first kappa shape index (κ1) is 25.5. The average molecular weight is 623 g/mol. The summed E-state index contributed by atoms with van der Waals surface area (Å²) < 4.78 is 16.2. The maximum Gasteiger partial charge on any atom is 0.323 e. The van der Waals surface area contributed by atoms with Gasteiger partial charge in [-0.1, -0.05) is 17.3 Å². The van der Waals surface area contributed by atoms with Gasteiger partial charge < -0.3 is 8.94 Å². The van der Waals surface area contributed by atoms with Gasteiger partial charge >= 0.3 is 6.01 Å². The van der Waals surface area contributed by atoms with E-state index in [-0.39, 0.29) is 6.01 Å². The molecule has 210 valence electrons. The van der Waals surface area contributed by atoms with Crippen LogP contribution in [0.5, 0.6) is 0 Å². The Kier molecular flexibility index (Phi) is 6.24. The normalized spacial score (nSPS) is 17.2. The summed E-state index contributed by atoms with van der Waals surface area (Å²) in [7, 11) is 0. The molecular formula is C28H18N10O2S3.